The van der Waals surface area contributed by atoms with Crippen LogP contribution in [-0.4, -0.2) is 31.3 Å². The topological polar surface area (TPSA) is 72.8 Å². The number of carbonyl (C=O) groups is 1. The molecule has 0 aliphatic carbocycles. The fourth-order valence-corrected chi connectivity index (χ4v) is 3.79. The second-order valence-corrected chi connectivity index (χ2v) is 7.78. The van der Waals surface area contributed by atoms with Crippen molar-refractivity contribution >= 4 is 39.0 Å². The Morgan fingerprint density at radius 1 is 1.00 bits per heavy atom. The van der Waals surface area contributed by atoms with E-state index in [4.69, 9.17) is 14.5 Å². The molecule has 0 atom stereocenters. The van der Waals surface area contributed by atoms with Crippen LogP contribution in [0.3, 0.4) is 0 Å². The van der Waals surface area contributed by atoms with Crippen molar-refractivity contribution in [1.29, 1.82) is 0 Å². The van der Waals surface area contributed by atoms with Gasteiger partial charge < -0.3 is 9.47 Å². The third kappa shape index (κ3) is 4.48. The second-order valence-electron chi connectivity index (χ2n) is 6.86. The number of carbonyl (C=O) groups excluding carboxylic acids is 1. The van der Waals surface area contributed by atoms with Crippen molar-refractivity contribution < 1.29 is 14.3 Å². The number of ether oxygens (including phenoxy) is 2. The van der Waals surface area contributed by atoms with E-state index in [9.17, 15) is 4.79 Å². The highest BCUT2D eigenvalue weighted by Crippen LogP contribution is 2.29. The van der Waals surface area contributed by atoms with Gasteiger partial charge in [0.05, 0.1) is 37.2 Å². The van der Waals surface area contributed by atoms with E-state index in [0.29, 0.717) is 28.3 Å². The van der Waals surface area contributed by atoms with Gasteiger partial charge in [0, 0.05) is 21.0 Å². The van der Waals surface area contributed by atoms with Crippen molar-refractivity contribution in [2.24, 2.45) is 5.10 Å². The minimum absolute atomic E-state index is 0.335. The molecule has 1 aromatic heterocycles. The summed E-state index contributed by atoms with van der Waals surface area (Å²) in [6.07, 6.45) is 1.53. The van der Waals surface area contributed by atoms with Crippen LogP contribution in [0.4, 0.5) is 0 Å². The molecule has 0 aliphatic rings. The van der Waals surface area contributed by atoms with Gasteiger partial charge in [-0.2, -0.15) is 5.10 Å². The molecule has 0 fully saturated rings. The summed E-state index contributed by atoms with van der Waals surface area (Å²) < 4.78 is 11.6. The Balaban J connectivity index is 1.67. The summed E-state index contributed by atoms with van der Waals surface area (Å²) in [6, 6.07) is 22.6. The van der Waals surface area contributed by atoms with E-state index in [0.717, 1.165) is 20.9 Å². The second kappa shape index (κ2) is 9.62. The molecule has 0 aliphatic heterocycles. The number of para-hydroxylation sites is 2. The SMILES string of the molecule is COc1cccc(/C=N/NC(=O)c2cc(-c3cccc(Br)c3)nc3ccccc23)c1OC. The Hall–Kier alpha value is -3.71. The number of aromatic nitrogens is 1. The van der Waals surface area contributed by atoms with E-state index >= 15 is 0 Å². The minimum Gasteiger partial charge on any atom is -0.493 e. The number of halogens is 1. The van der Waals surface area contributed by atoms with Crippen LogP contribution in [0, 0.1) is 0 Å². The van der Waals surface area contributed by atoms with Crippen molar-refractivity contribution in [3.63, 3.8) is 0 Å². The molecule has 0 saturated carbocycles. The smallest absolute Gasteiger partial charge is 0.272 e. The van der Waals surface area contributed by atoms with Crippen molar-refractivity contribution in [2.75, 3.05) is 14.2 Å². The summed E-state index contributed by atoms with van der Waals surface area (Å²) in [5.41, 5.74) is 6.12. The maximum atomic E-state index is 13.1. The lowest BCUT2D eigenvalue weighted by Gasteiger charge is -2.10. The number of hydrazone groups is 1. The predicted molar refractivity (Wildman–Crippen MR) is 129 cm³/mol. The van der Waals surface area contributed by atoms with Gasteiger partial charge in [-0.3, -0.25) is 4.79 Å². The van der Waals surface area contributed by atoms with Crippen LogP contribution in [0.25, 0.3) is 22.2 Å². The van der Waals surface area contributed by atoms with Gasteiger partial charge in [0.15, 0.2) is 11.5 Å². The number of nitrogens with one attached hydrogen (secondary N) is 1. The molecule has 0 saturated heterocycles. The van der Waals surface area contributed by atoms with E-state index in [2.05, 4.69) is 26.5 Å². The largest absolute Gasteiger partial charge is 0.493 e. The van der Waals surface area contributed by atoms with Crippen LogP contribution in [0.5, 0.6) is 11.5 Å². The zero-order valence-corrected chi connectivity index (χ0v) is 19.1. The zero-order valence-electron chi connectivity index (χ0n) is 17.5. The average Bonchev–Trinajstić information content (AvgIpc) is 2.83. The molecule has 0 spiro atoms. The highest BCUT2D eigenvalue weighted by Gasteiger charge is 2.14. The standard InChI is InChI=1S/C25H20BrN3O3/c1-31-23-12-6-8-17(24(23)32-2)15-27-29-25(30)20-14-22(16-7-5-9-18(26)13-16)28-21-11-4-3-10-19(20)21/h3-15H,1-2H3,(H,29,30)/b27-15+. The predicted octanol–water partition coefficient (Wildman–Crippen LogP) is 5.45. The molecule has 3 aromatic carbocycles. The molecular weight excluding hydrogens is 470 g/mol. The fourth-order valence-electron chi connectivity index (χ4n) is 3.39. The first-order valence-electron chi connectivity index (χ1n) is 9.81. The van der Waals surface area contributed by atoms with Crippen LogP contribution in [0.1, 0.15) is 15.9 Å². The Bertz CT molecular complexity index is 1320. The first-order valence-corrected chi connectivity index (χ1v) is 10.6. The quantitative estimate of drug-likeness (QED) is 0.289. The van der Waals surface area contributed by atoms with Crippen molar-refractivity contribution in [3.05, 3.63) is 88.4 Å². The molecule has 0 bridgehead atoms. The molecule has 0 unspecified atom stereocenters. The van der Waals surface area contributed by atoms with Gasteiger partial charge in [-0.1, -0.05) is 52.3 Å². The molecule has 4 aromatic rings. The third-order valence-corrected chi connectivity index (χ3v) is 5.38. The van der Waals surface area contributed by atoms with Crippen LogP contribution in [-0.2, 0) is 0 Å². The van der Waals surface area contributed by atoms with Gasteiger partial charge >= 0.3 is 0 Å². The summed E-state index contributed by atoms with van der Waals surface area (Å²) >= 11 is 3.49. The number of rotatable bonds is 6. The van der Waals surface area contributed by atoms with Gasteiger partial charge in [0.2, 0.25) is 0 Å². The van der Waals surface area contributed by atoms with Gasteiger partial charge in [0.1, 0.15) is 0 Å². The number of hydrogen-bond acceptors (Lipinski definition) is 5. The van der Waals surface area contributed by atoms with Crippen LogP contribution in [0.2, 0.25) is 0 Å². The number of methoxy groups -OCH3 is 2. The maximum Gasteiger partial charge on any atom is 0.272 e. The zero-order chi connectivity index (χ0) is 22.5. The van der Waals surface area contributed by atoms with Crippen LogP contribution in [0.15, 0.2) is 82.4 Å². The van der Waals surface area contributed by atoms with Crippen molar-refractivity contribution in [3.8, 4) is 22.8 Å². The molecule has 4 rings (SSSR count). The minimum atomic E-state index is -0.335. The number of hydrogen-bond donors (Lipinski definition) is 1. The summed E-state index contributed by atoms with van der Waals surface area (Å²) in [6.45, 7) is 0. The van der Waals surface area contributed by atoms with E-state index < -0.39 is 0 Å². The van der Waals surface area contributed by atoms with Crippen LogP contribution >= 0.6 is 15.9 Å². The Morgan fingerprint density at radius 2 is 1.81 bits per heavy atom. The molecule has 32 heavy (non-hydrogen) atoms. The first-order chi connectivity index (χ1) is 15.6. The molecule has 1 amide bonds. The van der Waals surface area contributed by atoms with Crippen molar-refractivity contribution in [1.82, 2.24) is 10.4 Å². The molecule has 7 heteroatoms. The van der Waals surface area contributed by atoms with Gasteiger partial charge in [-0.15, -0.1) is 0 Å². The average molecular weight is 490 g/mol. The third-order valence-electron chi connectivity index (χ3n) is 4.88. The molecule has 0 radical (unpaired) electrons. The summed E-state index contributed by atoms with van der Waals surface area (Å²) in [7, 11) is 3.12. The Morgan fingerprint density at radius 3 is 2.59 bits per heavy atom. The summed E-state index contributed by atoms with van der Waals surface area (Å²) in [5.74, 6) is 0.791. The van der Waals surface area contributed by atoms with E-state index in [-0.39, 0.29) is 5.91 Å². The summed E-state index contributed by atoms with van der Waals surface area (Å²) in [4.78, 5) is 17.8. The molecular formula is C25H20BrN3O3. The van der Waals surface area contributed by atoms with E-state index in [1.807, 2.05) is 60.7 Å². The highest BCUT2D eigenvalue weighted by molar-refractivity contribution is 9.10. The van der Waals surface area contributed by atoms with E-state index in [1.54, 1.807) is 26.4 Å². The number of amides is 1. The lowest BCUT2D eigenvalue weighted by atomic mass is 10.0. The molecule has 6 nitrogen and oxygen atoms in total. The monoisotopic (exact) mass is 489 g/mol. The maximum absolute atomic E-state index is 13.1. The molecule has 1 heterocycles. The number of pyridine rings is 1. The fraction of sp³-hybridized carbons (Fsp3) is 0.0800. The summed E-state index contributed by atoms with van der Waals surface area (Å²) in [5, 5.41) is 4.89. The number of nitrogens with zero attached hydrogens (tertiary/aromatic N) is 2. The van der Waals surface area contributed by atoms with Crippen LogP contribution < -0.4 is 14.9 Å². The Kier molecular flexibility index (Phi) is 6.47. The van der Waals surface area contributed by atoms with Gasteiger partial charge in [-0.05, 0) is 36.4 Å². The van der Waals surface area contributed by atoms with Gasteiger partial charge in [-0.25, -0.2) is 10.4 Å². The van der Waals surface area contributed by atoms with E-state index in [1.165, 1.54) is 6.21 Å². The lowest BCUT2D eigenvalue weighted by Crippen LogP contribution is -2.18. The Labute approximate surface area is 194 Å². The molecule has 1 N–H and O–H groups in total. The lowest BCUT2D eigenvalue weighted by molar-refractivity contribution is 0.0956. The normalized spacial score (nSPS) is 11.0. The number of fused-ring (bicyclic) bond motifs is 1. The van der Waals surface area contributed by atoms with Gasteiger partial charge in [0.25, 0.3) is 5.91 Å². The highest BCUT2D eigenvalue weighted by atomic mass is 79.9. The number of benzene rings is 3. The van der Waals surface area contributed by atoms with Crippen molar-refractivity contribution in [2.45, 2.75) is 0 Å². The first kappa shape index (κ1) is 21.5. The molecule has 160 valence electrons.